The van der Waals surface area contributed by atoms with Crippen molar-refractivity contribution in [3.8, 4) is 0 Å². The Kier molecular flexibility index (Phi) is 5.01. The van der Waals surface area contributed by atoms with Crippen LogP contribution in [0.3, 0.4) is 0 Å². The predicted octanol–water partition coefficient (Wildman–Crippen LogP) is 2.87. The van der Waals surface area contributed by atoms with Crippen molar-refractivity contribution in [2.45, 2.75) is 4.90 Å². The summed E-state index contributed by atoms with van der Waals surface area (Å²) in [4.78, 5) is 24.6. The first kappa shape index (κ1) is 19.4. The maximum atomic E-state index is 12.9. The number of nitrogens with zero attached hydrogens (tertiary/aromatic N) is 1. The molecule has 1 heterocycles. The summed E-state index contributed by atoms with van der Waals surface area (Å²) < 4.78 is 27.5. The maximum Gasteiger partial charge on any atom is 0.265 e. The average molecular weight is 474 g/mol. The van der Waals surface area contributed by atoms with Crippen molar-refractivity contribution in [3.63, 3.8) is 0 Å². The van der Waals surface area contributed by atoms with Crippen molar-refractivity contribution >= 4 is 59.9 Å². The molecular weight excluding hydrogens is 458 g/mol. The highest BCUT2D eigenvalue weighted by atomic mass is 79.9. The molecule has 0 fully saturated rings. The number of sulfonamides is 1. The van der Waals surface area contributed by atoms with E-state index in [0.717, 1.165) is 9.69 Å². The van der Waals surface area contributed by atoms with E-state index >= 15 is 0 Å². The second kappa shape index (κ2) is 7.49. The number of halogens is 1. The molecule has 0 aliphatic carbocycles. The molecule has 29 heavy (non-hydrogen) atoms. The molecule has 0 atom stereocenters. The van der Waals surface area contributed by atoms with Crippen LogP contribution >= 0.6 is 15.9 Å². The molecule has 4 rings (SSSR count). The lowest BCUT2D eigenvalue weighted by Gasteiger charge is -2.18. The van der Waals surface area contributed by atoms with Gasteiger partial charge in [0.05, 0.1) is 22.8 Å². The molecule has 9 heteroatoms. The van der Waals surface area contributed by atoms with Crippen LogP contribution in [0.4, 0.5) is 11.4 Å². The zero-order valence-corrected chi connectivity index (χ0v) is 17.5. The fraction of sp³-hybridized carbons (Fsp3) is 0.100. The summed E-state index contributed by atoms with van der Waals surface area (Å²) in [6.45, 7) is -0.677. The molecule has 3 aromatic rings. The van der Waals surface area contributed by atoms with Crippen LogP contribution in [-0.4, -0.2) is 33.3 Å². The number of amides is 2. The van der Waals surface area contributed by atoms with E-state index in [1.807, 2.05) is 18.2 Å². The smallest absolute Gasteiger partial charge is 0.265 e. The molecule has 0 bridgehead atoms. The Labute approximate surface area is 175 Å². The van der Waals surface area contributed by atoms with Crippen LogP contribution in [0.2, 0.25) is 0 Å². The summed E-state index contributed by atoms with van der Waals surface area (Å²) >= 11 is 3.33. The van der Waals surface area contributed by atoms with Crippen molar-refractivity contribution in [1.29, 1.82) is 0 Å². The van der Waals surface area contributed by atoms with Crippen LogP contribution in [0.25, 0.3) is 10.8 Å². The molecule has 0 unspecified atom stereocenters. The topological polar surface area (TPSA) is 95.6 Å². The molecule has 0 saturated heterocycles. The van der Waals surface area contributed by atoms with Gasteiger partial charge in [0.25, 0.3) is 10.0 Å². The fourth-order valence-electron chi connectivity index (χ4n) is 3.25. The minimum absolute atomic E-state index is 0.185. The number of carbonyl (C=O) groups excluding carboxylic acids is 2. The fourth-order valence-corrected chi connectivity index (χ4v) is 5.30. The summed E-state index contributed by atoms with van der Waals surface area (Å²) in [6, 6.07) is 17.4. The van der Waals surface area contributed by atoms with Gasteiger partial charge in [-0.1, -0.05) is 36.4 Å². The van der Waals surface area contributed by atoms with Crippen molar-refractivity contribution in [3.05, 3.63) is 65.1 Å². The van der Waals surface area contributed by atoms with Crippen molar-refractivity contribution in [2.24, 2.45) is 0 Å². The quantitative estimate of drug-likeness (QED) is 0.595. The molecule has 1 aliphatic heterocycles. The standard InChI is InChI=1S/C20H16BrN3O4S/c21-14-7-1-2-8-15(14)23-18(25)11-22-19(26)12-24-16-9-3-5-13-6-4-10-17(20(13)16)29(24,27)28/h1-10H,11-12H2,(H,22,26)(H,23,25). The van der Waals surface area contributed by atoms with E-state index in [2.05, 4.69) is 26.6 Å². The zero-order valence-electron chi connectivity index (χ0n) is 15.1. The lowest BCUT2D eigenvalue weighted by molar-refractivity contribution is -0.123. The number of hydrogen-bond acceptors (Lipinski definition) is 4. The van der Waals surface area contributed by atoms with E-state index < -0.39 is 28.4 Å². The van der Waals surface area contributed by atoms with E-state index in [0.29, 0.717) is 21.2 Å². The molecular formula is C20H16BrN3O4S. The molecule has 0 aromatic heterocycles. The van der Waals surface area contributed by atoms with Crippen molar-refractivity contribution in [1.82, 2.24) is 5.32 Å². The third-order valence-corrected chi connectivity index (χ3v) is 7.06. The molecule has 2 N–H and O–H groups in total. The van der Waals surface area contributed by atoms with Gasteiger partial charge in [-0.25, -0.2) is 8.42 Å². The Balaban J connectivity index is 1.45. The summed E-state index contributed by atoms with van der Waals surface area (Å²) in [6.07, 6.45) is 0. The average Bonchev–Trinajstić information content (AvgIpc) is 2.92. The highest BCUT2D eigenvalue weighted by Crippen LogP contribution is 2.41. The Morgan fingerprint density at radius 2 is 1.66 bits per heavy atom. The SMILES string of the molecule is O=C(CN1c2cccc3cccc(c23)S1(=O)=O)NCC(=O)Nc1ccccc1Br. The molecule has 3 aromatic carbocycles. The first-order chi connectivity index (χ1) is 13.9. The summed E-state index contributed by atoms with van der Waals surface area (Å²) in [5.41, 5.74) is 1.04. The van der Waals surface area contributed by atoms with E-state index in [9.17, 15) is 18.0 Å². The van der Waals surface area contributed by atoms with Gasteiger partial charge in [0.1, 0.15) is 6.54 Å². The van der Waals surface area contributed by atoms with Crippen LogP contribution in [0, 0.1) is 0 Å². The minimum Gasteiger partial charge on any atom is -0.345 e. The number of rotatable bonds is 5. The zero-order chi connectivity index (χ0) is 20.6. The van der Waals surface area contributed by atoms with Gasteiger partial charge in [-0.3, -0.25) is 13.9 Å². The van der Waals surface area contributed by atoms with Crippen LogP contribution < -0.4 is 14.9 Å². The van der Waals surface area contributed by atoms with E-state index in [1.165, 1.54) is 6.07 Å². The maximum absolute atomic E-state index is 12.9. The molecule has 7 nitrogen and oxygen atoms in total. The first-order valence-corrected chi connectivity index (χ1v) is 11.0. The van der Waals surface area contributed by atoms with Gasteiger partial charge < -0.3 is 10.6 Å². The van der Waals surface area contributed by atoms with E-state index in [-0.39, 0.29) is 11.4 Å². The van der Waals surface area contributed by atoms with Gasteiger partial charge in [0.2, 0.25) is 11.8 Å². The Morgan fingerprint density at radius 1 is 0.931 bits per heavy atom. The van der Waals surface area contributed by atoms with Gasteiger partial charge in [0.15, 0.2) is 0 Å². The van der Waals surface area contributed by atoms with Crippen LogP contribution in [0.15, 0.2) is 70.0 Å². The number of para-hydroxylation sites is 1. The molecule has 0 saturated carbocycles. The molecule has 1 aliphatic rings. The van der Waals surface area contributed by atoms with E-state index in [4.69, 9.17) is 0 Å². The number of anilines is 2. The Morgan fingerprint density at radius 3 is 2.41 bits per heavy atom. The van der Waals surface area contributed by atoms with Crippen LogP contribution in [0.5, 0.6) is 0 Å². The lowest BCUT2D eigenvalue weighted by atomic mass is 10.1. The van der Waals surface area contributed by atoms with Crippen molar-refractivity contribution in [2.75, 3.05) is 22.7 Å². The third-order valence-electron chi connectivity index (χ3n) is 4.56. The van der Waals surface area contributed by atoms with Gasteiger partial charge in [0, 0.05) is 9.86 Å². The van der Waals surface area contributed by atoms with Crippen LogP contribution in [0.1, 0.15) is 0 Å². The summed E-state index contributed by atoms with van der Waals surface area (Å²) in [5, 5.41) is 6.54. The van der Waals surface area contributed by atoms with Crippen molar-refractivity contribution < 1.29 is 18.0 Å². The van der Waals surface area contributed by atoms with Gasteiger partial charge in [-0.2, -0.15) is 0 Å². The van der Waals surface area contributed by atoms with Gasteiger partial charge in [-0.15, -0.1) is 0 Å². The first-order valence-electron chi connectivity index (χ1n) is 8.73. The number of hydrogen-bond donors (Lipinski definition) is 2. The normalized spacial score (nSPS) is 14.0. The van der Waals surface area contributed by atoms with E-state index in [1.54, 1.807) is 36.4 Å². The number of benzene rings is 3. The van der Waals surface area contributed by atoms with Gasteiger partial charge >= 0.3 is 0 Å². The lowest BCUT2D eigenvalue weighted by Crippen LogP contribution is -2.41. The molecule has 0 spiro atoms. The minimum atomic E-state index is -3.82. The Bertz CT molecular complexity index is 1240. The highest BCUT2D eigenvalue weighted by Gasteiger charge is 2.36. The Hall–Kier alpha value is -2.91. The molecule has 2 amide bonds. The summed E-state index contributed by atoms with van der Waals surface area (Å²) in [5.74, 6) is -0.986. The van der Waals surface area contributed by atoms with Gasteiger partial charge in [-0.05, 0) is 45.6 Å². The number of carbonyl (C=O) groups is 2. The highest BCUT2D eigenvalue weighted by molar-refractivity contribution is 9.10. The molecule has 0 radical (unpaired) electrons. The largest absolute Gasteiger partial charge is 0.345 e. The number of nitrogens with one attached hydrogen (secondary N) is 2. The monoisotopic (exact) mass is 473 g/mol. The third kappa shape index (κ3) is 3.58. The molecule has 148 valence electrons. The van der Waals surface area contributed by atoms with Crippen LogP contribution in [-0.2, 0) is 19.6 Å². The second-order valence-corrected chi connectivity index (χ2v) is 9.13. The summed E-state index contributed by atoms with van der Waals surface area (Å²) in [7, 11) is -3.82. The second-order valence-electron chi connectivity index (χ2n) is 6.45. The predicted molar refractivity (Wildman–Crippen MR) is 114 cm³/mol.